The van der Waals surface area contributed by atoms with E-state index in [0.29, 0.717) is 23.4 Å². The van der Waals surface area contributed by atoms with Crippen LogP contribution in [0.15, 0.2) is 47.4 Å². The monoisotopic (exact) mass is 426 g/mol. The number of thioether (sulfide) groups is 1. The van der Waals surface area contributed by atoms with Crippen LogP contribution < -0.4 is 4.90 Å². The first-order chi connectivity index (χ1) is 14.2. The number of nitrogens with zero attached hydrogens (tertiary/aromatic N) is 2. The quantitative estimate of drug-likeness (QED) is 0.591. The van der Waals surface area contributed by atoms with E-state index in [1.165, 1.54) is 35.7 Å². The number of hydrogen-bond acceptors (Lipinski definition) is 4. The fraction of sp³-hybridized carbons (Fsp3) is 0.458. The van der Waals surface area contributed by atoms with Crippen LogP contribution in [-0.4, -0.2) is 48.7 Å². The third-order valence-electron chi connectivity index (χ3n) is 6.62. The van der Waals surface area contributed by atoms with Gasteiger partial charge in [0.1, 0.15) is 0 Å². The highest BCUT2D eigenvalue weighted by atomic mass is 35.5. The molecule has 0 bridgehead atoms. The van der Waals surface area contributed by atoms with Gasteiger partial charge in [-0.3, -0.25) is 4.79 Å². The molecule has 0 amide bonds. The molecule has 29 heavy (non-hydrogen) atoms. The molecule has 0 aliphatic carbocycles. The summed E-state index contributed by atoms with van der Waals surface area (Å²) >= 11 is 7.95. The topological polar surface area (TPSA) is 23.6 Å². The fourth-order valence-corrected chi connectivity index (χ4v) is 6.42. The van der Waals surface area contributed by atoms with Crippen LogP contribution in [0, 0.1) is 0 Å². The van der Waals surface area contributed by atoms with E-state index in [1.807, 2.05) is 23.9 Å². The molecule has 3 nitrogen and oxygen atoms in total. The number of carbonyl (C=O) groups excluding carboxylic acids is 1. The molecule has 2 atom stereocenters. The predicted octanol–water partition coefficient (Wildman–Crippen LogP) is 5.48. The van der Waals surface area contributed by atoms with Gasteiger partial charge in [0, 0.05) is 53.5 Å². The van der Waals surface area contributed by atoms with Gasteiger partial charge in [0.25, 0.3) is 0 Å². The van der Waals surface area contributed by atoms with E-state index in [2.05, 4.69) is 28.0 Å². The molecule has 0 spiro atoms. The zero-order chi connectivity index (χ0) is 19.8. The SMILES string of the molecule is O=C(CCCN1CC[C@H]2[C@@H](C1)c1cccc3c1N2CCCS3)c1ccc(Cl)cc1. The summed E-state index contributed by atoms with van der Waals surface area (Å²) in [5.74, 6) is 2.07. The van der Waals surface area contributed by atoms with Crippen LogP contribution in [-0.2, 0) is 0 Å². The van der Waals surface area contributed by atoms with Crippen LogP contribution >= 0.6 is 23.4 Å². The van der Waals surface area contributed by atoms with E-state index >= 15 is 0 Å². The lowest BCUT2D eigenvalue weighted by Gasteiger charge is -2.39. The Hall–Kier alpha value is -1.49. The summed E-state index contributed by atoms with van der Waals surface area (Å²) in [5.41, 5.74) is 3.86. The lowest BCUT2D eigenvalue weighted by Crippen LogP contribution is -2.46. The van der Waals surface area contributed by atoms with Crippen molar-refractivity contribution in [1.82, 2.24) is 4.90 Å². The molecule has 1 saturated heterocycles. The molecule has 3 heterocycles. The Balaban J connectivity index is 1.22. The molecule has 0 N–H and O–H groups in total. The summed E-state index contributed by atoms with van der Waals surface area (Å²) in [5, 5.41) is 0.677. The Kier molecular flexibility index (Phi) is 5.59. The lowest BCUT2D eigenvalue weighted by atomic mass is 9.89. The van der Waals surface area contributed by atoms with Gasteiger partial charge >= 0.3 is 0 Å². The van der Waals surface area contributed by atoms with Crippen LogP contribution in [0.1, 0.15) is 47.5 Å². The molecule has 0 saturated carbocycles. The Bertz CT molecular complexity index is 900. The van der Waals surface area contributed by atoms with E-state index in [1.54, 1.807) is 17.7 Å². The maximum Gasteiger partial charge on any atom is 0.162 e. The molecule has 0 aromatic heterocycles. The zero-order valence-corrected chi connectivity index (χ0v) is 18.2. The van der Waals surface area contributed by atoms with E-state index in [-0.39, 0.29) is 5.78 Å². The number of anilines is 1. The average Bonchev–Trinajstić information content (AvgIpc) is 2.89. The number of fused-ring (bicyclic) bond motifs is 3. The molecule has 3 aliphatic rings. The van der Waals surface area contributed by atoms with Crippen LogP contribution in [0.3, 0.4) is 0 Å². The van der Waals surface area contributed by atoms with Gasteiger partial charge in [-0.25, -0.2) is 0 Å². The van der Waals surface area contributed by atoms with Crippen molar-refractivity contribution in [2.75, 3.05) is 36.8 Å². The number of halogens is 1. The third-order valence-corrected chi connectivity index (χ3v) is 8.01. The molecule has 2 aromatic rings. The van der Waals surface area contributed by atoms with Crippen molar-refractivity contribution in [3.8, 4) is 0 Å². The number of hydrogen-bond donors (Lipinski definition) is 0. The van der Waals surface area contributed by atoms with Gasteiger partial charge in [0.15, 0.2) is 5.78 Å². The van der Waals surface area contributed by atoms with Gasteiger partial charge in [-0.2, -0.15) is 0 Å². The van der Waals surface area contributed by atoms with Crippen molar-refractivity contribution in [3.05, 3.63) is 58.6 Å². The van der Waals surface area contributed by atoms with E-state index < -0.39 is 0 Å². The number of piperidine rings is 1. The van der Waals surface area contributed by atoms with Gasteiger partial charge in [-0.05, 0) is 67.5 Å². The molecule has 2 aromatic carbocycles. The van der Waals surface area contributed by atoms with Crippen molar-refractivity contribution in [3.63, 3.8) is 0 Å². The number of Topliss-reactive ketones (excluding diaryl/α,β-unsaturated/α-hetero) is 1. The summed E-state index contributed by atoms with van der Waals surface area (Å²) in [4.78, 5) is 19.2. The third kappa shape index (κ3) is 3.83. The van der Waals surface area contributed by atoms with Crippen LogP contribution in [0.5, 0.6) is 0 Å². The van der Waals surface area contributed by atoms with Gasteiger partial charge in [-0.1, -0.05) is 23.7 Å². The Morgan fingerprint density at radius 3 is 2.86 bits per heavy atom. The highest BCUT2D eigenvalue weighted by Crippen LogP contribution is 2.50. The van der Waals surface area contributed by atoms with Crippen molar-refractivity contribution >= 4 is 34.8 Å². The fourth-order valence-electron chi connectivity index (χ4n) is 5.26. The van der Waals surface area contributed by atoms with Crippen molar-refractivity contribution in [1.29, 1.82) is 0 Å². The molecular formula is C24H27ClN2OS. The molecule has 5 heteroatoms. The van der Waals surface area contributed by atoms with Gasteiger partial charge in [0.05, 0.1) is 5.69 Å². The minimum absolute atomic E-state index is 0.220. The molecule has 152 valence electrons. The summed E-state index contributed by atoms with van der Waals surface area (Å²) in [6.45, 7) is 4.47. The average molecular weight is 427 g/mol. The highest BCUT2D eigenvalue weighted by Gasteiger charge is 2.43. The maximum atomic E-state index is 12.4. The number of likely N-dealkylation sites (tertiary alicyclic amines) is 1. The minimum atomic E-state index is 0.220. The second-order valence-electron chi connectivity index (χ2n) is 8.39. The second kappa shape index (κ2) is 8.33. The summed E-state index contributed by atoms with van der Waals surface area (Å²) < 4.78 is 0. The first-order valence-corrected chi connectivity index (χ1v) is 12.1. The van der Waals surface area contributed by atoms with Crippen molar-refractivity contribution in [2.24, 2.45) is 0 Å². The Morgan fingerprint density at radius 2 is 2.00 bits per heavy atom. The van der Waals surface area contributed by atoms with E-state index in [0.717, 1.165) is 31.6 Å². The highest BCUT2D eigenvalue weighted by molar-refractivity contribution is 7.99. The van der Waals surface area contributed by atoms with Crippen LogP contribution in [0.4, 0.5) is 5.69 Å². The lowest BCUT2D eigenvalue weighted by molar-refractivity contribution is 0.0971. The zero-order valence-electron chi connectivity index (χ0n) is 16.6. The normalized spacial score (nSPS) is 23.4. The molecule has 0 unspecified atom stereocenters. The first-order valence-electron chi connectivity index (χ1n) is 10.7. The number of para-hydroxylation sites is 1. The largest absolute Gasteiger partial charge is 0.367 e. The van der Waals surface area contributed by atoms with Gasteiger partial charge in [-0.15, -0.1) is 11.8 Å². The number of ketones is 1. The Morgan fingerprint density at radius 1 is 1.14 bits per heavy atom. The molecule has 1 fully saturated rings. The number of carbonyl (C=O) groups is 1. The van der Waals surface area contributed by atoms with Crippen molar-refractivity contribution in [2.45, 2.75) is 42.5 Å². The van der Waals surface area contributed by atoms with Crippen LogP contribution in [0.25, 0.3) is 0 Å². The number of benzene rings is 2. The van der Waals surface area contributed by atoms with Gasteiger partial charge < -0.3 is 9.80 Å². The second-order valence-corrected chi connectivity index (χ2v) is 9.96. The smallest absolute Gasteiger partial charge is 0.162 e. The minimum Gasteiger partial charge on any atom is -0.367 e. The maximum absolute atomic E-state index is 12.4. The summed E-state index contributed by atoms with van der Waals surface area (Å²) in [6.07, 6.45) is 4.04. The standard InChI is InChI=1S/C24H27ClN2OS/c25-18-9-7-17(8-10-18)22(28)5-2-12-26-14-11-21-20(16-26)19-4-1-6-23-24(19)27(21)13-3-15-29-23/h1,4,6-10,20-21H,2-3,5,11-16H2/t20-,21-/m0/s1. The summed E-state index contributed by atoms with van der Waals surface area (Å²) in [7, 11) is 0. The van der Waals surface area contributed by atoms with Crippen LogP contribution in [0.2, 0.25) is 5.02 Å². The molecule has 0 radical (unpaired) electrons. The van der Waals surface area contributed by atoms with E-state index in [4.69, 9.17) is 11.6 Å². The number of rotatable bonds is 5. The summed E-state index contributed by atoms with van der Waals surface area (Å²) in [6, 6.07) is 14.8. The predicted molar refractivity (Wildman–Crippen MR) is 122 cm³/mol. The van der Waals surface area contributed by atoms with E-state index in [9.17, 15) is 4.79 Å². The molecule has 3 aliphatic heterocycles. The van der Waals surface area contributed by atoms with Crippen molar-refractivity contribution < 1.29 is 4.79 Å². The van der Waals surface area contributed by atoms with Gasteiger partial charge in [0.2, 0.25) is 0 Å². The first kappa shape index (κ1) is 19.5. The Labute approximate surface area is 182 Å². The molecular weight excluding hydrogens is 400 g/mol. The molecule has 5 rings (SSSR count).